The second kappa shape index (κ2) is 13.1. The van der Waals surface area contributed by atoms with E-state index in [1.165, 1.54) is 12.5 Å². The van der Waals surface area contributed by atoms with Crippen LogP contribution in [0.2, 0.25) is 0 Å². The van der Waals surface area contributed by atoms with Gasteiger partial charge in [-0.2, -0.15) is 0 Å². The Morgan fingerprint density at radius 2 is 1.73 bits per heavy atom. The minimum Gasteiger partial charge on any atom is -0.300 e. The highest BCUT2D eigenvalue weighted by atomic mass is 16.1. The van der Waals surface area contributed by atoms with Crippen LogP contribution >= 0.6 is 0 Å². The van der Waals surface area contributed by atoms with Gasteiger partial charge in [0.05, 0.1) is 6.42 Å². The van der Waals surface area contributed by atoms with Gasteiger partial charge in [-0.3, -0.25) is 19.2 Å². The van der Waals surface area contributed by atoms with Crippen molar-refractivity contribution in [3.8, 4) is 0 Å². The smallest absolute Gasteiger partial charge is 0.163 e. The summed E-state index contributed by atoms with van der Waals surface area (Å²) in [5.74, 6) is 0.893. The summed E-state index contributed by atoms with van der Waals surface area (Å²) < 4.78 is 0. The number of rotatable bonds is 13. The molecule has 4 nitrogen and oxygen atoms in total. The van der Waals surface area contributed by atoms with E-state index in [4.69, 9.17) is 0 Å². The zero-order chi connectivity index (χ0) is 28.1. The van der Waals surface area contributed by atoms with Gasteiger partial charge in [0.2, 0.25) is 0 Å². The molecular weight excluding hydrogens is 460 g/mol. The van der Waals surface area contributed by atoms with Crippen LogP contribution in [-0.4, -0.2) is 23.1 Å². The summed E-state index contributed by atoms with van der Waals surface area (Å²) in [6, 6.07) is 2.18. The molecule has 206 valence electrons. The molecule has 1 aromatic carbocycles. The van der Waals surface area contributed by atoms with Crippen LogP contribution in [-0.2, 0) is 27.2 Å². The summed E-state index contributed by atoms with van der Waals surface area (Å²) in [6.07, 6.45) is 5.72. The number of Topliss-reactive ketones (excluding diaryl/α,β-unsaturated/α-hetero) is 4. The zero-order valence-electron chi connectivity index (χ0n) is 24.9. The van der Waals surface area contributed by atoms with Crippen molar-refractivity contribution in [1.29, 1.82) is 0 Å². The molecule has 0 bridgehead atoms. The lowest BCUT2D eigenvalue weighted by Crippen LogP contribution is -2.30. The van der Waals surface area contributed by atoms with Crippen LogP contribution in [0.3, 0.4) is 0 Å². The number of hydrogen-bond donors (Lipinski definition) is 0. The van der Waals surface area contributed by atoms with Crippen molar-refractivity contribution in [2.24, 2.45) is 23.2 Å². The molecule has 4 heteroatoms. The molecule has 0 aliphatic heterocycles. The molecule has 0 amide bonds. The minimum atomic E-state index is -0.122. The summed E-state index contributed by atoms with van der Waals surface area (Å²) in [5.41, 5.74) is 5.09. The molecule has 0 fully saturated rings. The van der Waals surface area contributed by atoms with Crippen molar-refractivity contribution < 1.29 is 19.2 Å². The highest BCUT2D eigenvalue weighted by Crippen LogP contribution is 2.40. The molecule has 0 radical (unpaired) electrons. The Morgan fingerprint density at radius 1 is 1.08 bits per heavy atom. The number of benzene rings is 1. The van der Waals surface area contributed by atoms with E-state index in [9.17, 15) is 19.2 Å². The number of carbonyl (C=O) groups excluding carboxylic acids is 4. The van der Waals surface area contributed by atoms with Gasteiger partial charge in [-0.25, -0.2) is 0 Å². The van der Waals surface area contributed by atoms with Crippen LogP contribution in [0, 0.1) is 30.1 Å². The molecule has 1 aromatic rings. The normalized spacial score (nSPS) is 17.5. The molecule has 0 heterocycles. The van der Waals surface area contributed by atoms with E-state index in [2.05, 4.69) is 47.6 Å². The van der Waals surface area contributed by atoms with E-state index in [0.717, 1.165) is 54.4 Å². The number of hydrogen-bond acceptors (Lipinski definition) is 4. The quantitative estimate of drug-likeness (QED) is 0.254. The summed E-state index contributed by atoms with van der Waals surface area (Å²) in [4.78, 5) is 51.0. The fourth-order valence-corrected chi connectivity index (χ4v) is 6.45. The third-order valence-corrected chi connectivity index (χ3v) is 7.96. The lowest BCUT2D eigenvalue weighted by molar-refractivity contribution is -0.130. The maximum absolute atomic E-state index is 13.6. The van der Waals surface area contributed by atoms with Gasteiger partial charge in [-0.15, -0.1) is 0 Å². The Kier molecular flexibility index (Phi) is 11.0. The van der Waals surface area contributed by atoms with Gasteiger partial charge in [0, 0.05) is 30.7 Å². The van der Waals surface area contributed by atoms with E-state index in [1.807, 2.05) is 13.8 Å². The Morgan fingerprint density at radius 3 is 2.24 bits per heavy atom. The van der Waals surface area contributed by atoms with Crippen molar-refractivity contribution in [3.05, 3.63) is 33.9 Å². The van der Waals surface area contributed by atoms with Gasteiger partial charge in [0.1, 0.15) is 17.3 Å². The predicted octanol–water partition coefficient (Wildman–Crippen LogP) is 7.79. The third kappa shape index (κ3) is 8.45. The van der Waals surface area contributed by atoms with Crippen LogP contribution in [0.15, 0.2) is 6.07 Å². The summed E-state index contributed by atoms with van der Waals surface area (Å²) in [5, 5.41) is 0. The highest BCUT2D eigenvalue weighted by molar-refractivity contribution is 6.01. The first-order valence-corrected chi connectivity index (χ1v) is 14.4. The van der Waals surface area contributed by atoms with Crippen molar-refractivity contribution in [2.45, 2.75) is 126 Å². The van der Waals surface area contributed by atoms with Gasteiger partial charge < -0.3 is 0 Å². The van der Waals surface area contributed by atoms with Crippen LogP contribution < -0.4 is 0 Å². The van der Waals surface area contributed by atoms with E-state index >= 15 is 0 Å². The van der Waals surface area contributed by atoms with Crippen LogP contribution in [0.4, 0.5) is 0 Å². The Hall–Kier alpha value is -2.10. The number of fused-ring (bicyclic) bond motifs is 1. The largest absolute Gasteiger partial charge is 0.300 e. The lowest BCUT2D eigenvalue weighted by atomic mass is 9.70. The average Bonchev–Trinajstić information content (AvgIpc) is 2.74. The van der Waals surface area contributed by atoms with E-state index in [0.29, 0.717) is 19.3 Å². The first-order valence-electron chi connectivity index (χ1n) is 14.4. The molecule has 3 atom stereocenters. The summed E-state index contributed by atoms with van der Waals surface area (Å²) >= 11 is 0. The Balaban J connectivity index is 2.39. The molecule has 0 N–H and O–H groups in total. The van der Waals surface area contributed by atoms with Gasteiger partial charge in [-0.1, -0.05) is 67.4 Å². The molecular formula is C33H50O4. The first kappa shape index (κ1) is 31.1. The fourth-order valence-electron chi connectivity index (χ4n) is 6.45. The number of carbonyl (C=O) groups is 4. The Labute approximate surface area is 225 Å². The van der Waals surface area contributed by atoms with Crippen LogP contribution in [0.1, 0.15) is 139 Å². The summed E-state index contributed by atoms with van der Waals surface area (Å²) in [6.45, 7) is 18.2. The fraction of sp³-hybridized carbons (Fsp3) is 0.697. The zero-order valence-corrected chi connectivity index (χ0v) is 24.9. The van der Waals surface area contributed by atoms with Gasteiger partial charge in [0.25, 0.3) is 0 Å². The molecule has 1 aliphatic rings. The van der Waals surface area contributed by atoms with Crippen LogP contribution in [0.25, 0.3) is 0 Å². The molecule has 1 aliphatic carbocycles. The molecule has 3 unspecified atom stereocenters. The first-order chi connectivity index (χ1) is 17.2. The minimum absolute atomic E-state index is 0.0125. The van der Waals surface area contributed by atoms with Crippen molar-refractivity contribution in [3.63, 3.8) is 0 Å². The number of ketones is 4. The maximum Gasteiger partial charge on any atom is 0.163 e. The molecule has 0 saturated heterocycles. The van der Waals surface area contributed by atoms with E-state index in [1.54, 1.807) is 0 Å². The van der Waals surface area contributed by atoms with Crippen molar-refractivity contribution in [1.82, 2.24) is 0 Å². The van der Waals surface area contributed by atoms with Crippen molar-refractivity contribution in [2.75, 3.05) is 0 Å². The standard InChI is InChI=1S/C33H50O4/c1-10-12-24(27(11-2)30(36)13-21(5)34)14-23-15-29-28(20(3)4)18-25(17-26(35)19-33(7,8)9)22(6)32(29)31(37)16-23/h18,20,23-24,27H,10-17,19H2,1-9H3. The maximum atomic E-state index is 13.6. The monoisotopic (exact) mass is 510 g/mol. The van der Waals surface area contributed by atoms with Crippen LogP contribution in [0.5, 0.6) is 0 Å². The van der Waals surface area contributed by atoms with Gasteiger partial charge >= 0.3 is 0 Å². The summed E-state index contributed by atoms with van der Waals surface area (Å²) in [7, 11) is 0. The van der Waals surface area contributed by atoms with E-state index < -0.39 is 0 Å². The molecule has 37 heavy (non-hydrogen) atoms. The second-order valence-electron chi connectivity index (χ2n) is 13.1. The SMILES string of the molecule is CCCC(CC1CC(=O)c2c(C)c(CC(=O)CC(C)(C)C)cc(C(C)C)c2C1)C(CC)C(=O)CC(C)=O. The average molecular weight is 511 g/mol. The van der Waals surface area contributed by atoms with E-state index in [-0.39, 0.29) is 58.6 Å². The topological polar surface area (TPSA) is 68.3 Å². The Bertz CT molecular complexity index is 1010. The third-order valence-electron chi connectivity index (χ3n) is 7.96. The second-order valence-corrected chi connectivity index (χ2v) is 13.1. The molecule has 0 aromatic heterocycles. The molecule has 0 saturated carbocycles. The molecule has 2 rings (SSSR count). The predicted molar refractivity (Wildman–Crippen MR) is 151 cm³/mol. The highest BCUT2D eigenvalue weighted by Gasteiger charge is 2.35. The van der Waals surface area contributed by atoms with Gasteiger partial charge in [0.15, 0.2) is 5.78 Å². The molecule has 0 spiro atoms. The van der Waals surface area contributed by atoms with Crippen molar-refractivity contribution >= 4 is 23.1 Å². The van der Waals surface area contributed by atoms with Gasteiger partial charge in [-0.05, 0) is 78.5 Å². The lowest BCUT2D eigenvalue weighted by Gasteiger charge is -2.33.